The van der Waals surface area contributed by atoms with Crippen LogP contribution < -0.4 is 9.64 Å². The number of ether oxygens (including phenoxy) is 2. The van der Waals surface area contributed by atoms with Gasteiger partial charge in [-0.05, 0) is 48.9 Å². The molecular weight excluding hydrogens is 454 g/mol. The van der Waals surface area contributed by atoms with Crippen molar-refractivity contribution < 1.29 is 14.3 Å². The summed E-state index contributed by atoms with van der Waals surface area (Å²) in [6, 6.07) is 16.2. The molecule has 0 saturated carbocycles. The predicted octanol–water partition coefficient (Wildman–Crippen LogP) is 4.93. The van der Waals surface area contributed by atoms with E-state index < -0.39 is 0 Å². The topological polar surface area (TPSA) is 54.9 Å². The molecule has 3 aromatic rings. The number of benzene rings is 2. The van der Waals surface area contributed by atoms with Gasteiger partial charge < -0.3 is 9.47 Å². The van der Waals surface area contributed by atoms with Gasteiger partial charge in [-0.15, -0.1) is 11.8 Å². The fourth-order valence-electron chi connectivity index (χ4n) is 3.80. The van der Waals surface area contributed by atoms with Crippen molar-refractivity contribution in [3.63, 3.8) is 0 Å². The first kappa shape index (κ1) is 24.0. The van der Waals surface area contributed by atoms with Crippen molar-refractivity contribution in [3.05, 3.63) is 48.5 Å². The van der Waals surface area contributed by atoms with Crippen LogP contribution in [0.25, 0.3) is 10.2 Å². The molecule has 33 heavy (non-hydrogen) atoms. The summed E-state index contributed by atoms with van der Waals surface area (Å²) in [4.78, 5) is 23.6. The Bertz CT molecular complexity index is 1020. The molecule has 1 aromatic heterocycles. The van der Waals surface area contributed by atoms with Crippen molar-refractivity contribution in [2.75, 3.05) is 57.2 Å². The Hall–Kier alpha value is -2.13. The Morgan fingerprint density at radius 2 is 2.00 bits per heavy atom. The number of nitrogens with zero attached hydrogens (tertiary/aromatic N) is 3. The van der Waals surface area contributed by atoms with Crippen LogP contribution in [-0.4, -0.2) is 68.0 Å². The van der Waals surface area contributed by atoms with Crippen molar-refractivity contribution in [2.24, 2.45) is 0 Å². The third kappa shape index (κ3) is 6.93. The molecule has 0 aliphatic carbocycles. The second-order valence-corrected chi connectivity index (χ2v) is 10.1. The van der Waals surface area contributed by atoms with Gasteiger partial charge >= 0.3 is 0 Å². The number of thiazole rings is 1. The Labute approximate surface area is 203 Å². The van der Waals surface area contributed by atoms with Crippen molar-refractivity contribution in [1.29, 1.82) is 0 Å². The van der Waals surface area contributed by atoms with Crippen LogP contribution in [0.5, 0.6) is 5.75 Å². The number of amides is 1. The maximum absolute atomic E-state index is 13.3. The number of morpholine rings is 1. The number of methoxy groups -OCH3 is 1. The van der Waals surface area contributed by atoms with E-state index in [1.165, 1.54) is 4.90 Å². The van der Waals surface area contributed by atoms with E-state index in [2.05, 4.69) is 17.0 Å². The van der Waals surface area contributed by atoms with E-state index in [0.717, 1.165) is 72.5 Å². The van der Waals surface area contributed by atoms with E-state index >= 15 is 0 Å². The fourth-order valence-corrected chi connectivity index (χ4v) is 5.72. The molecule has 0 bridgehead atoms. The molecule has 1 aliphatic rings. The summed E-state index contributed by atoms with van der Waals surface area (Å²) in [5.74, 6) is 1.88. The molecule has 4 rings (SSSR count). The minimum atomic E-state index is 0.150. The van der Waals surface area contributed by atoms with Crippen LogP contribution in [-0.2, 0) is 9.53 Å². The largest absolute Gasteiger partial charge is 0.497 e. The quantitative estimate of drug-likeness (QED) is 0.283. The maximum Gasteiger partial charge on any atom is 0.228 e. The van der Waals surface area contributed by atoms with Crippen LogP contribution in [0, 0.1) is 0 Å². The van der Waals surface area contributed by atoms with Crippen LogP contribution in [0.4, 0.5) is 5.13 Å². The van der Waals surface area contributed by atoms with E-state index in [9.17, 15) is 4.79 Å². The second-order valence-electron chi connectivity index (χ2n) is 7.95. The van der Waals surface area contributed by atoms with E-state index in [-0.39, 0.29) is 5.91 Å². The maximum atomic E-state index is 13.3. The van der Waals surface area contributed by atoms with E-state index in [1.807, 2.05) is 41.3 Å². The van der Waals surface area contributed by atoms with Crippen LogP contribution in [0.1, 0.15) is 19.3 Å². The zero-order chi connectivity index (χ0) is 22.9. The monoisotopic (exact) mass is 485 g/mol. The van der Waals surface area contributed by atoms with Gasteiger partial charge in [-0.1, -0.05) is 29.5 Å². The molecule has 6 nitrogen and oxygen atoms in total. The molecule has 1 aliphatic heterocycles. The van der Waals surface area contributed by atoms with Gasteiger partial charge in [0.25, 0.3) is 0 Å². The summed E-state index contributed by atoms with van der Waals surface area (Å²) >= 11 is 3.36. The van der Waals surface area contributed by atoms with Crippen molar-refractivity contribution in [2.45, 2.75) is 24.2 Å². The van der Waals surface area contributed by atoms with E-state index in [0.29, 0.717) is 13.0 Å². The lowest BCUT2D eigenvalue weighted by Crippen LogP contribution is -2.39. The summed E-state index contributed by atoms with van der Waals surface area (Å²) in [5.41, 5.74) is 0.904. The summed E-state index contributed by atoms with van der Waals surface area (Å²) in [6.07, 6.45) is 2.29. The first-order valence-electron chi connectivity index (χ1n) is 11.5. The number of carbonyl (C=O) groups is 1. The molecule has 0 N–H and O–H groups in total. The molecule has 0 atom stereocenters. The SMILES string of the molecule is COc1ccc2nc(N(CCCN3CCOCC3)C(=O)CCCSc3ccccc3)sc2c1. The molecule has 0 unspecified atom stereocenters. The molecule has 2 aromatic carbocycles. The predicted molar refractivity (Wildman–Crippen MR) is 137 cm³/mol. The van der Waals surface area contributed by atoms with Crippen molar-refractivity contribution in [1.82, 2.24) is 9.88 Å². The normalized spacial score (nSPS) is 14.5. The van der Waals surface area contributed by atoms with Crippen molar-refractivity contribution in [3.8, 4) is 5.75 Å². The molecular formula is C25H31N3O3S2. The number of fused-ring (bicyclic) bond motifs is 1. The second kappa shape index (κ2) is 12.4. The minimum absolute atomic E-state index is 0.150. The molecule has 0 radical (unpaired) electrons. The molecule has 2 heterocycles. The highest BCUT2D eigenvalue weighted by atomic mass is 32.2. The number of rotatable bonds is 11. The van der Waals surface area contributed by atoms with Gasteiger partial charge in [0.2, 0.25) is 5.91 Å². The summed E-state index contributed by atoms with van der Waals surface area (Å²) in [5, 5.41) is 0.779. The smallest absolute Gasteiger partial charge is 0.228 e. The van der Waals surface area contributed by atoms with Gasteiger partial charge in [0.05, 0.1) is 30.5 Å². The first-order valence-corrected chi connectivity index (χ1v) is 13.3. The van der Waals surface area contributed by atoms with E-state index in [4.69, 9.17) is 14.5 Å². The van der Waals surface area contributed by atoms with Gasteiger partial charge in [0, 0.05) is 37.5 Å². The van der Waals surface area contributed by atoms with Crippen molar-refractivity contribution >= 4 is 44.4 Å². The van der Waals surface area contributed by atoms with Gasteiger partial charge in [-0.2, -0.15) is 0 Å². The number of thioether (sulfide) groups is 1. The lowest BCUT2D eigenvalue weighted by molar-refractivity contribution is -0.118. The number of hydrogen-bond donors (Lipinski definition) is 0. The number of carbonyl (C=O) groups excluding carboxylic acids is 1. The average molecular weight is 486 g/mol. The molecule has 0 spiro atoms. The summed E-state index contributed by atoms with van der Waals surface area (Å²) in [6.45, 7) is 5.16. The molecule has 176 valence electrons. The third-order valence-corrected chi connectivity index (χ3v) is 7.76. The van der Waals surface area contributed by atoms with Gasteiger partial charge in [-0.25, -0.2) is 4.98 Å². The van der Waals surface area contributed by atoms with Crippen LogP contribution in [0.15, 0.2) is 53.4 Å². The third-order valence-electron chi connectivity index (χ3n) is 5.62. The van der Waals surface area contributed by atoms with Crippen LogP contribution >= 0.6 is 23.1 Å². The summed E-state index contributed by atoms with van der Waals surface area (Å²) in [7, 11) is 1.66. The minimum Gasteiger partial charge on any atom is -0.497 e. The Kier molecular flexibility index (Phi) is 9.00. The molecule has 1 amide bonds. The summed E-state index contributed by atoms with van der Waals surface area (Å²) < 4.78 is 11.8. The highest BCUT2D eigenvalue weighted by Gasteiger charge is 2.20. The Morgan fingerprint density at radius 1 is 1.18 bits per heavy atom. The Morgan fingerprint density at radius 3 is 2.79 bits per heavy atom. The van der Waals surface area contributed by atoms with Gasteiger partial charge in [0.15, 0.2) is 5.13 Å². The van der Waals surface area contributed by atoms with Gasteiger partial charge in [0.1, 0.15) is 5.75 Å². The molecule has 1 saturated heterocycles. The Balaban J connectivity index is 1.39. The highest BCUT2D eigenvalue weighted by molar-refractivity contribution is 7.99. The lowest BCUT2D eigenvalue weighted by atomic mass is 10.2. The standard InChI is InChI=1S/C25H31N3O3S2/c1-30-20-10-11-22-23(19-20)33-25(26-22)28(13-6-12-27-14-16-31-17-15-27)24(29)9-5-18-32-21-7-3-2-4-8-21/h2-4,7-8,10-11,19H,5-6,9,12-18H2,1H3. The lowest BCUT2D eigenvalue weighted by Gasteiger charge is -2.27. The zero-order valence-electron chi connectivity index (χ0n) is 19.1. The van der Waals surface area contributed by atoms with Gasteiger partial charge in [-0.3, -0.25) is 14.6 Å². The van der Waals surface area contributed by atoms with Crippen LogP contribution in [0.2, 0.25) is 0 Å². The number of anilines is 1. The number of hydrogen-bond acceptors (Lipinski definition) is 7. The van der Waals surface area contributed by atoms with E-state index in [1.54, 1.807) is 30.2 Å². The fraction of sp³-hybridized carbons (Fsp3) is 0.440. The average Bonchev–Trinajstić information content (AvgIpc) is 3.28. The molecule has 1 fully saturated rings. The number of aromatic nitrogens is 1. The molecule has 8 heteroatoms. The first-order chi connectivity index (χ1) is 16.2. The highest BCUT2D eigenvalue weighted by Crippen LogP contribution is 2.32. The van der Waals surface area contributed by atoms with Crippen LogP contribution in [0.3, 0.4) is 0 Å². The zero-order valence-corrected chi connectivity index (χ0v) is 20.7.